The molecule has 0 saturated heterocycles. The number of aryl methyl sites for hydroxylation is 1. The van der Waals surface area contributed by atoms with Crippen molar-refractivity contribution in [1.82, 2.24) is 15.0 Å². The molecule has 144 valence electrons. The van der Waals surface area contributed by atoms with Crippen molar-refractivity contribution >= 4 is 22.6 Å². The fraction of sp³-hybridized carbons (Fsp3) is 0.318. The van der Waals surface area contributed by atoms with Crippen molar-refractivity contribution in [3.05, 3.63) is 54.1 Å². The van der Waals surface area contributed by atoms with Crippen LogP contribution >= 0.6 is 11.3 Å². The van der Waals surface area contributed by atoms with Gasteiger partial charge in [-0.3, -0.25) is 4.98 Å². The zero-order valence-electron chi connectivity index (χ0n) is 16.5. The van der Waals surface area contributed by atoms with Crippen LogP contribution in [0.1, 0.15) is 24.7 Å². The second-order valence-corrected chi connectivity index (χ2v) is 7.80. The predicted octanol–water partition coefficient (Wildman–Crippen LogP) is 4.84. The van der Waals surface area contributed by atoms with Gasteiger partial charge in [-0.1, -0.05) is 6.08 Å². The molecular formula is C22H24N4OS. The van der Waals surface area contributed by atoms with Crippen LogP contribution in [-0.2, 0) is 4.74 Å². The average molecular weight is 393 g/mol. The maximum atomic E-state index is 5.53. The van der Waals surface area contributed by atoms with Crippen LogP contribution in [0.4, 0.5) is 5.69 Å². The Hall–Kier alpha value is -2.57. The van der Waals surface area contributed by atoms with Crippen LogP contribution in [0.15, 0.2) is 42.7 Å². The lowest BCUT2D eigenvalue weighted by Gasteiger charge is -2.28. The number of rotatable bonds is 5. The first kappa shape index (κ1) is 18.8. The second-order valence-electron chi connectivity index (χ2n) is 6.80. The summed E-state index contributed by atoms with van der Waals surface area (Å²) in [4.78, 5) is 17.4. The molecule has 6 heteroatoms. The normalized spacial score (nSPS) is 15.1. The van der Waals surface area contributed by atoms with Crippen LogP contribution in [0.25, 0.3) is 26.7 Å². The predicted molar refractivity (Wildman–Crippen MR) is 116 cm³/mol. The number of thiazole rings is 1. The molecule has 0 aliphatic carbocycles. The van der Waals surface area contributed by atoms with Gasteiger partial charge >= 0.3 is 0 Å². The van der Waals surface area contributed by atoms with E-state index < -0.39 is 0 Å². The lowest BCUT2D eigenvalue weighted by atomic mass is 10.0. The fourth-order valence-corrected chi connectivity index (χ4v) is 4.40. The van der Waals surface area contributed by atoms with E-state index in [1.54, 1.807) is 17.5 Å². The highest BCUT2D eigenvalue weighted by Crippen LogP contribution is 2.38. The third kappa shape index (κ3) is 3.70. The highest BCUT2D eigenvalue weighted by Gasteiger charge is 2.21. The molecule has 0 atom stereocenters. The zero-order valence-corrected chi connectivity index (χ0v) is 17.3. The third-order valence-electron chi connectivity index (χ3n) is 4.90. The van der Waals surface area contributed by atoms with Crippen molar-refractivity contribution in [3.8, 4) is 21.1 Å². The van der Waals surface area contributed by atoms with Crippen LogP contribution in [0.2, 0.25) is 0 Å². The Morgan fingerprint density at radius 3 is 2.93 bits per heavy atom. The highest BCUT2D eigenvalue weighted by molar-refractivity contribution is 7.18. The maximum Gasteiger partial charge on any atom is 0.125 e. The van der Waals surface area contributed by atoms with Gasteiger partial charge in [0, 0.05) is 38.2 Å². The molecule has 4 rings (SSSR count). The van der Waals surface area contributed by atoms with Crippen LogP contribution < -0.4 is 4.90 Å². The molecule has 1 aliphatic rings. The summed E-state index contributed by atoms with van der Waals surface area (Å²) in [6.07, 6.45) is 6.79. The molecule has 0 spiro atoms. The van der Waals surface area contributed by atoms with E-state index in [0.717, 1.165) is 52.1 Å². The van der Waals surface area contributed by atoms with Crippen LogP contribution in [0.5, 0.6) is 0 Å². The first-order valence-electron chi connectivity index (χ1n) is 9.55. The van der Waals surface area contributed by atoms with Gasteiger partial charge in [-0.15, -0.1) is 11.3 Å². The van der Waals surface area contributed by atoms with Crippen LogP contribution in [-0.4, -0.2) is 41.8 Å². The molecule has 5 nitrogen and oxygen atoms in total. The second kappa shape index (κ2) is 8.20. The van der Waals surface area contributed by atoms with Crippen LogP contribution in [0, 0.1) is 6.92 Å². The van der Waals surface area contributed by atoms with E-state index in [4.69, 9.17) is 14.7 Å². The van der Waals surface area contributed by atoms with Crippen molar-refractivity contribution in [1.29, 1.82) is 0 Å². The van der Waals surface area contributed by atoms with E-state index in [-0.39, 0.29) is 0 Å². The van der Waals surface area contributed by atoms with Crippen molar-refractivity contribution < 1.29 is 4.74 Å². The number of pyridine rings is 2. The minimum Gasteiger partial charge on any atom is -0.378 e. The van der Waals surface area contributed by atoms with Crippen LogP contribution in [0.3, 0.4) is 0 Å². The number of fused-ring (bicyclic) bond motifs is 1. The minimum atomic E-state index is 0.631. The number of anilines is 1. The molecule has 0 aromatic carbocycles. The van der Waals surface area contributed by atoms with Gasteiger partial charge in [-0.05, 0) is 50.1 Å². The largest absolute Gasteiger partial charge is 0.378 e. The topological polar surface area (TPSA) is 51.1 Å². The number of aromatic nitrogens is 3. The number of ether oxygens (including phenoxy) is 1. The van der Waals surface area contributed by atoms with E-state index in [0.29, 0.717) is 6.61 Å². The molecule has 0 N–H and O–H groups in total. The Morgan fingerprint density at radius 2 is 2.14 bits per heavy atom. The van der Waals surface area contributed by atoms with Gasteiger partial charge in [0.1, 0.15) is 5.01 Å². The van der Waals surface area contributed by atoms with E-state index in [2.05, 4.69) is 35.1 Å². The number of hydrogen-bond acceptors (Lipinski definition) is 6. The van der Waals surface area contributed by atoms with Crippen molar-refractivity contribution in [2.75, 3.05) is 31.7 Å². The summed E-state index contributed by atoms with van der Waals surface area (Å²) < 4.78 is 5.53. The Kier molecular flexibility index (Phi) is 5.50. The molecule has 1 aliphatic heterocycles. The fourth-order valence-electron chi connectivity index (χ4n) is 3.37. The van der Waals surface area contributed by atoms with Crippen molar-refractivity contribution in [2.45, 2.75) is 20.3 Å². The van der Waals surface area contributed by atoms with E-state index >= 15 is 0 Å². The molecule has 28 heavy (non-hydrogen) atoms. The lowest BCUT2D eigenvalue weighted by Crippen LogP contribution is -2.25. The molecular weight excluding hydrogens is 368 g/mol. The molecule has 0 bridgehead atoms. The van der Waals surface area contributed by atoms with E-state index in [1.165, 1.54) is 11.3 Å². The summed E-state index contributed by atoms with van der Waals surface area (Å²) in [6, 6.07) is 8.26. The Labute approximate surface area is 169 Å². The standard InChI is InChI=1S/C22H24N4OS/c1-4-27-13-10-16-9-12-26(3)19-8-7-18(25-20(16)19)21-15(2)24-22(28-21)17-6-5-11-23-14-17/h5-8,10-11,14H,4,9,12-13H2,1-3H3/b16-10-. The third-order valence-corrected chi connectivity index (χ3v) is 6.12. The minimum absolute atomic E-state index is 0.631. The molecule has 3 aromatic heterocycles. The lowest BCUT2D eigenvalue weighted by molar-refractivity contribution is 0.177. The molecule has 4 heterocycles. The number of nitrogens with zero attached hydrogens (tertiary/aromatic N) is 4. The van der Waals surface area contributed by atoms with E-state index in [9.17, 15) is 0 Å². The quantitative estimate of drug-likeness (QED) is 0.582. The molecule has 0 unspecified atom stereocenters. The molecule has 0 radical (unpaired) electrons. The Morgan fingerprint density at radius 1 is 1.25 bits per heavy atom. The van der Waals surface area contributed by atoms with Gasteiger partial charge in [0.2, 0.25) is 0 Å². The summed E-state index contributed by atoms with van der Waals surface area (Å²) >= 11 is 1.67. The summed E-state index contributed by atoms with van der Waals surface area (Å²) in [5.74, 6) is 0. The smallest absolute Gasteiger partial charge is 0.125 e. The maximum absolute atomic E-state index is 5.53. The number of hydrogen-bond donors (Lipinski definition) is 0. The van der Waals surface area contributed by atoms with Gasteiger partial charge in [0.05, 0.1) is 34.3 Å². The van der Waals surface area contributed by atoms with Gasteiger partial charge in [-0.25, -0.2) is 9.97 Å². The first-order chi connectivity index (χ1) is 13.7. The molecule has 0 saturated carbocycles. The van der Waals surface area contributed by atoms with Gasteiger partial charge in [0.25, 0.3) is 0 Å². The monoisotopic (exact) mass is 392 g/mol. The summed E-state index contributed by atoms with van der Waals surface area (Å²) in [5, 5.41) is 0.976. The summed E-state index contributed by atoms with van der Waals surface area (Å²) in [6.45, 7) is 6.41. The SMILES string of the molecule is CCOC/C=C1/CCN(C)c2ccc(-c3sc(-c4cccnc4)nc3C)nc21. The van der Waals surface area contributed by atoms with E-state index in [1.807, 2.05) is 32.2 Å². The zero-order chi connectivity index (χ0) is 19.5. The highest BCUT2D eigenvalue weighted by atomic mass is 32.1. The summed E-state index contributed by atoms with van der Waals surface area (Å²) in [5.41, 5.74) is 6.51. The Balaban J connectivity index is 1.73. The first-order valence-corrected chi connectivity index (χ1v) is 10.4. The Bertz CT molecular complexity index is 997. The average Bonchev–Trinajstić information content (AvgIpc) is 3.12. The van der Waals surface area contributed by atoms with Gasteiger partial charge < -0.3 is 9.64 Å². The van der Waals surface area contributed by atoms with Crippen molar-refractivity contribution in [3.63, 3.8) is 0 Å². The molecule has 0 fully saturated rings. The van der Waals surface area contributed by atoms with Gasteiger partial charge in [-0.2, -0.15) is 0 Å². The molecule has 0 amide bonds. The summed E-state index contributed by atoms with van der Waals surface area (Å²) in [7, 11) is 2.12. The van der Waals surface area contributed by atoms with Crippen molar-refractivity contribution in [2.24, 2.45) is 0 Å². The van der Waals surface area contributed by atoms with Gasteiger partial charge in [0.15, 0.2) is 0 Å². The molecule has 3 aromatic rings.